The molecule has 284 valence electrons. The van der Waals surface area contributed by atoms with Gasteiger partial charge in [-0.05, 0) is 89.8 Å². The SMILES string of the molecule is CCOc1cncc(N2C(=O)C(C)(C)c3ccc(-c4cnc(C)nc4)cc32)c1.COc1cc(N2C(=O)C(C)(C)c3ccc(-c4cnc(C)nc4)cc32)cnc1C. The topological polar surface area (TPSA) is 136 Å². The van der Waals surface area contributed by atoms with E-state index < -0.39 is 10.8 Å². The molecule has 0 N–H and O–H groups in total. The molecule has 0 unspecified atom stereocenters. The molecule has 2 aromatic carbocycles. The van der Waals surface area contributed by atoms with Gasteiger partial charge in [-0.3, -0.25) is 29.4 Å². The lowest BCUT2D eigenvalue weighted by Gasteiger charge is -2.21. The fourth-order valence-corrected chi connectivity index (χ4v) is 7.06. The van der Waals surface area contributed by atoms with Crippen LogP contribution in [0.2, 0.25) is 0 Å². The summed E-state index contributed by atoms with van der Waals surface area (Å²) in [5.41, 5.74) is 8.31. The number of aromatic nitrogens is 6. The molecule has 6 aromatic rings. The predicted molar refractivity (Wildman–Crippen MR) is 216 cm³/mol. The zero-order valence-corrected chi connectivity index (χ0v) is 33.1. The molecule has 56 heavy (non-hydrogen) atoms. The Morgan fingerprint density at radius 1 is 0.589 bits per heavy atom. The van der Waals surface area contributed by atoms with Crippen LogP contribution in [0.4, 0.5) is 22.7 Å². The first-order chi connectivity index (χ1) is 26.7. The van der Waals surface area contributed by atoms with Crippen molar-refractivity contribution >= 4 is 34.6 Å². The zero-order valence-electron chi connectivity index (χ0n) is 33.1. The van der Waals surface area contributed by atoms with Crippen molar-refractivity contribution in [1.29, 1.82) is 0 Å². The second kappa shape index (κ2) is 14.6. The third-order valence-corrected chi connectivity index (χ3v) is 10.3. The van der Waals surface area contributed by atoms with E-state index >= 15 is 0 Å². The first-order valence-electron chi connectivity index (χ1n) is 18.4. The molecule has 0 saturated carbocycles. The standard InChI is InChI=1S/2C22H22N4O2/c1-13-20(28-5)9-17(12-23-13)26-19-8-15(16-10-24-14(2)25-11-16)6-7-18(19)22(3,4)21(26)27;1-5-28-18-9-17(12-23-13-18)26-20-8-15(16-10-24-14(2)25-11-16)6-7-19(20)22(3,4)21(26)27/h6-12H,1-5H3;6-13H,5H2,1-4H3. The van der Waals surface area contributed by atoms with Gasteiger partial charge in [-0.1, -0.05) is 24.3 Å². The number of carbonyl (C=O) groups excluding carboxylic acids is 2. The molecule has 0 radical (unpaired) electrons. The van der Waals surface area contributed by atoms with Crippen LogP contribution in [-0.4, -0.2) is 55.4 Å². The van der Waals surface area contributed by atoms with E-state index in [0.29, 0.717) is 29.5 Å². The number of benzene rings is 2. The number of rotatable bonds is 7. The van der Waals surface area contributed by atoms with Crippen molar-refractivity contribution in [2.75, 3.05) is 23.5 Å². The van der Waals surface area contributed by atoms with Crippen LogP contribution in [0.1, 0.15) is 63.1 Å². The molecule has 0 fully saturated rings. The molecule has 2 aliphatic rings. The van der Waals surface area contributed by atoms with E-state index in [9.17, 15) is 9.59 Å². The average molecular weight is 749 g/mol. The molecule has 2 aliphatic heterocycles. The smallest absolute Gasteiger partial charge is 0.241 e. The fraction of sp³-hybridized carbons (Fsp3) is 0.273. The van der Waals surface area contributed by atoms with Crippen molar-refractivity contribution in [1.82, 2.24) is 29.9 Å². The number of ether oxygens (including phenoxy) is 2. The Kier molecular flexibility index (Phi) is 9.83. The lowest BCUT2D eigenvalue weighted by atomic mass is 9.85. The second-order valence-electron chi connectivity index (χ2n) is 14.8. The third kappa shape index (κ3) is 6.71. The summed E-state index contributed by atoms with van der Waals surface area (Å²) in [6.45, 7) is 15.8. The number of hydrogen-bond acceptors (Lipinski definition) is 10. The highest BCUT2D eigenvalue weighted by Crippen LogP contribution is 2.48. The Morgan fingerprint density at radius 3 is 1.54 bits per heavy atom. The van der Waals surface area contributed by atoms with Crippen LogP contribution in [0.5, 0.6) is 11.5 Å². The van der Waals surface area contributed by atoms with Crippen LogP contribution < -0.4 is 19.3 Å². The molecule has 6 heterocycles. The summed E-state index contributed by atoms with van der Waals surface area (Å²) in [6.07, 6.45) is 12.2. The van der Waals surface area contributed by atoms with E-state index in [2.05, 4.69) is 29.9 Å². The quantitative estimate of drug-likeness (QED) is 0.157. The normalized spacial score (nSPS) is 14.9. The number of pyridine rings is 2. The summed E-state index contributed by atoms with van der Waals surface area (Å²) in [5, 5.41) is 0. The lowest BCUT2D eigenvalue weighted by Crippen LogP contribution is -2.33. The second-order valence-corrected chi connectivity index (χ2v) is 14.8. The maximum Gasteiger partial charge on any atom is 0.241 e. The number of fused-ring (bicyclic) bond motifs is 2. The molecule has 0 saturated heterocycles. The number of hydrogen-bond donors (Lipinski definition) is 0. The summed E-state index contributed by atoms with van der Waals surface area (Å²) in [7, 11) is 1.60. The van der Waals surface area contributed by atoms with Gasteiger partial charge in [0.25, 0.3) is 0 Å². The monoisotopic (exact) mass is 748 g/mol. The van der Waals surface area contributed by atoms with Crippen LogP contribution in [0.25, 0.3) is 22.3 Å². The number of methoxy groups -OCH3 is 1. The first kappa shape index (κ1) is 37.7. The van der Waals surface area contributed by atoms with E-state index in [1.165, 1.54) is 0 Å². The lowest BCUT2D eigenvalue weighted by molar-refractivity contribution is -0.122. The molecular weight excluding hydrogens is 705 g/mol. The van der Waals surface area contributed by atoms with Gasteiger partial charge in [-0.25, -0.2) is 19.9 Å². The van der Waals surface area contributed by atoms with Gasteiger partial charge in [-0.2, -0.15) is 0 Å². The summed E-state index contributed by atoms with van der Waals surface area (Å²) in [5.74, 6) is 2.76. The van der Waals surface area contributed by atoms with Gasteiger partial charge in [0.15, 0.2) is 0 Å². The largest absolute Gasteiger partial charge is 0.495 e. The van der Waals surface area contributed by atoms with E-state index in [4.69, 9.17) is 9.47 Å². The number of carbonyl (C=O) groups is 2. The van der Waals surface area contributed by atoms with Crippen molar-refractivity contribution in [3.8, 4) is 33.8 Å². The van der Waals surface area contributed by atoms with Crippen LogP contribution in [0, 0.1) is 20.8 Å². The molecule has 12 nitrogen and oxygen atoms in total. The Morgan fingerprint density at radius 2 is 1.07 bits per heavy atom. The number of nitrogens with zero attached hydrogens (tertiary/aromatic N) is 8. The van der Waals surface area contributed by atoms with E-state index in [0.717, 1.165) is 62.1 Å². The Balaban J connectivity index is 0.000000172. The van der Waals surface area contributed by atoms with E-state index in [1.807, 2.05) is 104 Å². The molecular formula is C44H44N8O4. The Labute approximate surface area is 326 Å². The third-order valence-electron chi connectivity index (χ3n) is 10.3. The first-order valence-corrected chi connectivity index (χ1v) is 18.4. The minimum Gasteiger partial charge on any atom is -0.495 e. The summed E-state index contributed by atoms with van der Waals surface area (Å²) < 4.78 is 11.0. The van der Waals surface area contributed by atoms with Gasteiger partial charge in [0.05, 0.1) is 71.6 Å². The highest BCUT2D eigenvalue weighted by molar-refractivity contribution is 6.14. The number of anilines is 4. The molecule has 0 aliphatic carbocycles. The molecule has 8 rings (SSSR count). The minimum absolute atomic E-state index is 0.00696. The fourth-order valence-electron chi connectivity index (χ4n) is 7.06. The molecule has 0 spiro atoms. The van der Waals surface area contributed by atoms with Crippen LogP contribution in [0.15, 0.2) is 91.9 Å². The highest BCUT2D eigenvalue weighted by Gasteiger charge is 2.46. The van der Waals surface area contributed by atoms with Crippen molar-refractivity contribution in [2.24, 2.45) is 0 Å². The summed E-state index contributed by atoms with van der Waals surface area (Å²) in [6, 6.07) is 15.8. The van der Waals surface area contributed by atoms with Crippen molar-refractivity contribution in [2.45, 2.75) is 66.2 Å². The molecule has 4 aromatic heterocycles. The maximum atomic E-state index is 13.3. The van der Waals surface area contributed by atoms with Gasteiger partial charge in [-0.15, -0.1) is 0 Å². The average Bonchev–Trinajstić information content (AvgIpc) is 3.52. The van der Waals surface area contributed by atoms with Gasteiger partial charge < -0.3 is 9.47 Å². The summed E-state index contributed by atoms with van der Waals surface area (Å²) in [4.78, 5) is 55.8. The van der Waals surface area contributed by atoms with E-state index in [1.54, 1.807) is 60.3 Å². The molecule has 0 bridgehead atoms. The minimum atomic E-state index is -0.629. The molecule has 2 amide bonds. The Bertz CT molecular complexity index is 2460. The highest BCUT2D eigenvalue weighted by atomic mass is 16.5. The van der Waals surface area contributed by atoms with E-state index in [-0.39, 0.29) is 11.8 Å². The molecule has 0 atom stereocenters. The number of amides is 2. The van der Waals surface area contributed by atoms with Gasteiger partial charge in [0, 0.05) is 48.0 Å². The van der Waals surface area contributed by atoms with Crippen LogP contribution in [0.3, 0.4) is 0 Å². The summed E-state index contributed by atoms with van der Waals surface area (Å²) >= 11 is 0. The number of aryl methyl sites for hydroxylation is 3. The van der Waals surface area contributed by atoms with Gasteiger partial charge in [0.1, 0.15) is 23.1 Å². The predicted octanol–water partition coefficient (Wildman–Crippen LogP) is 8.32. The van der Waals surface area contributed by atoms with Gasteiger partial charge >= 0.3 is 0 Å². The zero-order chi connectivity index (χ0) is 39.9. The molecule has 12 heteroatoms. The van der Waals surface area contributed by atoms with Crippen LogP contribution in [-0.2, 0) is 20.4 Å². The van der Waals surface area contributed by atoms with Crippen molar-refractivity contribution in [3.63, 3.8) is 0 Å². The van der Waals surface area contributed by atoms with Crippen LogP contribution >= 0.6 is 0 Å². The van der Waals surface area contributed by atoms with Crippen molar-refractivity contribution < 1.29 is 19.1 Å². The maximum absolute atomic E-state index is 13.3. The Hall–Kier alpha value is -6.56. The van der Waals surface area contributed by atoms with Crippen molar-refractivity contribution in [3.05, 3.63) is 120 Å². The van der Waals surface area contributed by atoms with Gasteiger partial charge in [0.2, 0.25) is 11.8 Å².